The number of ether oxygens (including phenoxy) is 1. The average Bonchev–Trinajstić information content (AvgIpc) is 2.71. The number of likely N-dealkylation sites (N-methyl/N-ethyl adjacent to an activating group) is 2. The van der Waals surface area contributed by atoms with E-state index in [2.05, 4.69) is 18.3 Å². The van der Waals surface area contributed by atoms with Gasteiger partial charge < -0.3 is 15.0 Å². The number of para-hydroxylation sites is 1. The number of amides is 1. The number of pyridine rings is 1. The lowest BCUT2D eigenvalue weighted by Gasteiger charge is -2.17. The van der Waals surface area contributed by atoms with Crippen LogP contribution in [0.2, 0.25) is 0 Å². The van der Waals surface area contributed by atoms with Gasteiger partial charge in [0.1, 0.15) is 11.3 Å². The molecule has 0 spiro atoms. The van der Waals surface area contributed by atoms with Crippen molar-refractivity contribution in [2.45, 2.75) is 6.92 Å². The van der Waals surface area contributed by atoms with Crippen molar-refractivity contribution in [3.63, 3.8) is 0 Å². The largest absolute Gasteiger partial charge is 0.494 e. The molecule has 5 nitrogen and oxygen atoms in total. The van der Waals surface area contributed by atoms with Crippen molar-refractivity contribution in [2.75, 3.05) is 34.3 Å². The van der Waals surface area contributed by atoms with Crippen molar-refractivity contribution in [2.24, 2.45) is 0 Å². The van der Waals surface area contributed by atoms with E-state index in [4.69, 9.17) is 9.72 Å². The standard InChI is InChI=1S/C22H25N3O2/c1-15-13-19(24-21-18(15)9-6-10-20(21)27-4)16-7-5-8-17(14-16)22(26)25(3)12-11-23-2/h5-10,13-14,23H,11-12H2,1-4H3. The average molecular weight is 363 g/mol. The van der Waals surface area contributed by atoms with E-state index in [0.29, 0.717) is 12.1 Å². The highest BCUT2D eigenvalue weighted by Gasteiger charge is 2.14. The normalized spacial score (nSPS) is 10.8. The first-order chi connectivity index (χ1) is 13.0. The molecule has 0 radical (unpaired) electrons. The predicted molar refractivity (Wildman–Crippen MR) is 109 cm³/mol. The summed E-state index contributed by atoms with van der Waals surface area (Å²) < 4.78 is 5.48. The number of aryl methyl sites for hydroxylation is 1. The van der Waals surface area contributed by atoms with Gasteiger partial charge in [-0.05, 0) is 43.8 Å². The highest BCUT2D eigenvalue weighted by atomic mass is 16.5. The van der Waals surface area contributed by atoms with Crippen LogP contribution in [-0.2, 0) is 0 Å². The first kappa shape index (κ1) is 18.9. The minimum absolute atomic E-state index is 0.00203. The SMILES string of the molecule is CNCCN(C)C(=O)c1cccc(-c2cc(C)c3cccc(OC)c3n2)c1. The molecule has 27 heavy (non-hydrogen) atoms. The lowest BCUT2D eigenvalue weighted by molar-refractivity contribution is 0.0797. The number of fused-ring (bicyclic) bond motifs is 1. The van der Waals surface area contributed by atoms with Gasteiger partial charge in [-0.2, -0.15) is 0 Å². The molecule has 1 N–H and O–H groups in total. The zero-order valence-corrected chi connectivity index (χ0v) is 16.2. The van der Waals surface area contributed by atoms with Gasteiger partial charge in [0.05, 0.1) is 12.8 Å². The molecule has 3 aromatic rings. The van der Waals surface area contributed by atoms with Crippen LogP contribution < -0.4 is 10.1 Å². The third-order valence-corrected chi connectivity index (χ3v) is 4.68. The molecule has 5 heteroatoms. The highest BCUT2D eigenvalue weighted by molar-refractivity contribution is 5.95. The zero-order valence-electron chi connectivity index (χ0n) is 16.2. The molecule has 0 bridgehead atoms. The number of nitrogens with zero attached hydrogens (tertiary/aromatic N) is 2. The molecule has 3 rings (SSSR count). The molecule has 0 saturated carbocycles. The minimum Gasteiger partial charge on any atom is -0.494 e. The monoisotopic (exact) mass is 363 g/mol. The summed E-state index contributed by atoms with van der Waals surface area (Å²) in [7, 11) is 5.34. The quantitative estimate of drug-likeness (QED) is 0.728. The van der Waals surface area contributed by atoms with E-state index >= 15 is 0 Å². The van der Waals surface area contributed by atoms with Crippen LogP contribution in [0.4, 0.5) is 0 Å². The van der Waals surface area contributed by atoms with Crippen molar-refractivity contribution in [1.82, 2.24) is 15.2 Å². The minimum atomic E-state index is 0.00203. The number of nitrogens with one attached hydrogen (secondary N) is 1. The van der Waals surface area contributed by atoms with E-state index in [1.807, 2.05) is 56.6 Å². The molecule has 1 heterocycles. The van der Waals surface area contributed by atoms with Crippen molar-refractivity contribution in [1.29, 1.82) is 0 Å². The van der Waals surface area contributed by atoms with E-state index in [0.717, 1.165) is 40.0 Å². The lowest BCUT2D eigenvalue weighted by Crippen LogP contribution is -2.32. The van der Waals surface area contributed by atoms with E-state index in [1.165, 1.54) is 0 Å². The number of hydrogen-bond donors (Lipinski definition) is 1. The van der Waals surface area contributed by atoms with Crippen LogP contribution in [0.25, 0.3) is 22.2 Å². The van der Waals surface area contributed by atoms with Gasteiger partial charge in [0.15, 0.2) is 0 Å². The summed E-state index contributed by atoms with van der Waals surface area (Å²) in [5.41, 5.74) is 4.36. The summed E-state index contributed by atoms with van der Waals surface area (Å²) in [6.07, 6.45) is 0. The predicted octanol–water partition coefficient (Wildman–Crippen LogP) is 3.51. The topological polar surface area (TPSA) is 54.5 Å². The Balaban J connectivity index is 2.01. The second kappa shape index (κ2) is 8.18. The molecule has 1 aromatic heterocycles. The maximum absolute atomic E-state index is 12.7. The summed E-state index contributed by atoms with van der Waals surface area (Å²) in [4.78, 5) is 19.2. The second-order valence-corrected chi connectivity index (χ2v) is 6.59. The Hall–Kier alpha value is -2.92. The van der Waals surface area contributed by atoms with E-state index in [1.54, 1.807) is 12.0 Å². The molecule has 140 valence electrons. The smallest absolute Gasteiger partial charge is 0.253 e. The maximum atomic E-state index is 12.7. The van der Waals surface area contributed by atoms with Crippen LogP contribution >= 0.6 is 0 Å². The fourth-order valence-corrected chi connectivity index (χ4v) is 3.12. The third kappa shape index (κ3) is 3.93. The number of aromatic nitrogens is 1. The molecule has 0 aliphatic heterocycles. The molecule has 0 fully saturated rings. The lowest BCUT2D eigenvalue weighted by atomic mass is 10.0. The molecule has 2 aromatic carbocycles. The van der Waals surface area contributed by atoms with Crippen LogP contribution in [-0.4, -0.2) is 50.1 Å². The molecule has 0 aliphatic rings. The molecular weight excluding hydrogens is 338 g/mol. The van der Waals surface area contributed by atoms with Gasteiger partial charge >= 0.3 is 0 Å². The fraction of sp³-hybridized carbons (Fsp3) is 0.273. The van der Waals surface area contributed by atoms with E-state index in [9.17, 15) is 4.79 Å². The zero-order chi connectivity index (χ0) is 19.4. The van der Waals surface area contributed by atoms with Gasteiger partial charge in [-0.25, -0.2) is 4.98 Å². The fourth-order valence-electron chi connectivity index (χ4n) is 3.12. The third-order valence-electron chi connectivity index (χ3n) is 4.68. The number of rotatable bonds is 6. The molecular formula is C22H25N3O2. The van der Waals surface area contributed by atoms with Gasteiger partial charge in [-0.1, -0.05) is 24.3 Å². The van der Waals surface area contributed by atoms with Crippen LogP contribution in [0.15, 0.2) is 48.5 Å². The van der Waals surface area contributed by atoms with Crippen molar-refractivity contribution in [3.8, 4) is 17.0 Å². The van der Waals surface area contributed by atoms with E-state index < -0.39 is 0 Å². The number of benzene rings is 2. The Bertz CT molecular complexity index is 969. The Labute approximate surface area is 160 Å². The number of methoxy groups -OCH3 is 1. The summed E-state index contributed by atoms with van der Waals surface area (Å²) in [6.45, 7) is 3.48. The molecule has 0 unspecified atom stereocenters. The van der Waals surface area contributed by atoms with Gasteiger partial charge in [0.25, 0.3) is 5.91 Å². The molecule has 1 amide bonds. The van der Waals surface area contributed by atoms with E-state index in [-0.39, 0.29) is 5.91 Å². The Kier molecular flexibility index (Phi) is 5.72. The second-order valence-electron chi connectivity index (χ2n) is 6.59. The van der Waals surface area contributed by atoms with Gasteiger partial charge in [-0.3, -0.25) is 4.79 Å². The Morgan fingerprint density at radius 3 is 2.70 bits per heavy atom. The van der Waals surface area contributed by atoms with Crippen molar-refractivity contribution >= 4 is 16.8 Å². The highest BCUT2D eigenvalue weighted by Crippen LogP contribution is 2.30. The van der Waals surface area contributed by atoms with Gasteiger partial charge in [-0.15, -0.1) is 0 Å². The van der Waals surface area contributed by atoms with Crippen LogP contribution in [0.3, 0.4) is 0 Å². The summed E-state index contributed by atoms with van der Waals surface area (Å²) in [5, 5.41) is 4.13. The van der Waals surface area contributed by atoms with Crippen molar-refractivity contribution in [3.05, 3.63) is 59.7 Å². The number of carbonyl (C=O) groups excluding carboxylic acids is 1. The van der Waals surface area contributed by atoms with Crippen LogP contribution in [0.1, 0.15) is 15.9 Å². The Morgan fingerprint density at radius 2 is 1.96 bits per heavy atom. The molecule has 0 atom stereocenters. The molecule has 0 saturated heterocycles. The first-order valence-corrected chi connectivity index (χ1v) is 9.00. The van der Waals surface area contributed by atoms with Crippen molar-refractivity contribution < 1.29 is 9.53 Å². The van der Waals surface area contributed by atoms with Crippen LogP contribution in [0, 0.1) is 6.92 Å². The van der Waals surface area contributed by atoms with Crippen LogP contribution in [0.5, 0.6) is 5.75 Å². The summed E-state index contributed by atoms with van der Waals surface area (Å²) in [6, 6.07) is 15.6. The first-order valence-electron chi connectivity index (χ1n) is 9.00. The summed E-state index contributed by atoms with van der Waals surface area (Å²) >= 11 is 0. The van der Waals surface area contributed by atoms with Gasteiger partial charge in [0.2, 0.25) is 0 Å². The number of carbonyl (C=O) groups is 1. The Morgan fingerprint density at radius 1 is 1.19 bits per heavy atom. The number of hydrogen-bond acceptors (Lipinski definition) is 4. The molecule has 0 aliphatic carbocycles. The maximum Gasteiger partial charge on any atom is 0.253 e. The summed E-state index contributed by atoms with van der Waals surface area (Å²) in [5.74, 6) is 0.749. The van der Waals surface area contributed by atoms with Gasteiger partial charge in [0, 0.05) is 36.7 Å².